The molecule has 110 valence electrons. The third-order valence-electron chi connectivity index (χ3n) is 2.68. The van der Waals surface area contributed by atoms with Crippen LogP contribution >= 0.6 is 0 Å². The predicted molar refractivity (Wildman–Crippen MR) is 76.6 cm³/mol. The van der Waals surface area contributed by atoms with E-state index in [1.807, 2.05) is 0 Å². The molecule has 0 bridgehead atoms. The van der Waals surface area contributed by atoms with Crippen molar-refractivity contribution < 1.29 is 17.9 Å². The molecule has 1 amide bonds. The number of hydrogen-bond donors (Lipinski definition) is 2. The fraction of sp³-hybridized carbons (Fsp3) is 0.0769. The molecule has 7 nitrogen and oxygen atoms in total. The van der Waals surface area contributed by atoms with Crippen molar-refractivity contribution in [2.24, 2.45) is 5.14 Å². The molecule has 0 fully saturated rings. The van der Waals surface area contributed by atoms with E-state index in [1.165, 1.54) is 37.7 Å². The molecular formula is C13H13N3O4S. The number of ether oxygens (including phenoxy) is 1. The van der Waals surface area contributed by atoms with E-state index in [0.717, 1.165) is 0 Å². The molecule has 1 aromatic carbocycles. The maximum Gasteiger partial charge on any atom is 0.259 e. The van der Waals surface area contributed by atoms with Crippen molar-refractivity contribution in [3.8, 4) is 5.75 Å². The second kappa shape index (κ2) is 5.90. The second-order valence-electron chi connectivity index (χ2n) is 4.10. The van der Waals surface area contributed by atoms with Gasteiger partial charge in [0.1, 0.15) is 5.75 Å². The number of anilines is 1. The van der Waals surface area contributed by atoms with Crippen LogP contribution in [0.25, 0.3) is 0 Å². The Morgan fingerprint density at radius 1 is 1.24 bits per heavy atom. The first-order chi connectivity index (χ1) is 9.91. The van der Waals surface area contributed by atoms with Crippen LogP contribution in [0.2, 0.25) is 0 Å². The van der Waals surface area contributed by atoms with E-state index >= 15 is 0 Å². The number of nitrogens with two attached hydrogens (primary N) is 1. The predicted octanol–water partition coefficient (Wildman–Crippen LogP) is 0.990. The molecule has 0 aliphatic heterocycles. The maximum atomic E-state index is 12.2. The Morgan fingerprint density at radius 2 is 1.90 bits per heavy atom. The Bertz CT molecular complexity index is 760. The van der Waals surface area contributed by atoms with E-state index in [1.54, 1.807) is 12.1 Å². The average Bonchev–Trinajstić information content (AvgIpc) is 2.46. The number of carbonyl (C=O) groups excluding carboxylic acids is 1. The minimum absolute atomic E-state index is 0.0702. The highest BCUT2D eigenvalue weighted by molar-refractivity contribution is 7.89. The highest BCUT2D eigenvalue weighted by atomic mass is 32.2. The number of nitrogens with zero attached hydrogens (tertiary/aromatic N) is 1. The fourth-order valence-corrected chi connectivity index (χ4v) is 2.22. The number of hydrogen-bond acceptors (Lipinski definition) is 5. The number of benzene rings is 1. The maximum absolute atomic E-state index is 12.2. The molecule has 0 aliphatic carbocycles. The molecule has 2 rings (SSSR count). The minimum atomic E-state index is -3.90. The van der Waals surface area contributed by atoms with Gasteiger partial charge in [-0.25, -0.2) is 13.6 Å². The molecule has 0 radical (unpaired) electrons. The Labute approximate surface area is 121 Å². The van der Waals surface area contributed by atoms with Gasteiger partial charge in [0.05, 0.1) is 17.6 Å². The van der Waals surface area contributed by atoms with Gasteiger partial charge in [-0.15, -0.1) is 0 Å². The monoisotopic (exact) mass is 307 g/mol. The summed E-state index contributed by atoms with van der Waals surface area (Å²) in [6.45, 7) is 0. The van der Waals surface area contributed by atoms with Crippen molar-refractivity contribution in [1.82, 2.24) is 4.98 Å². The summed E-state index contributed by atoms with van der Waals surface area (Å²) in [6, 6.07) is 7.03. The van der Waals surface area contributed by atoms with Crippen molar-refractivity contribution in [2.45, 2.75) is 4.90 Å². The average molecular weight is 307 g/mol. The number of sulfonamides is 1. The van der Waals surface area contributed by atoms with Crippen molar-refractivity contribution in [3.63, 3.8) is 0 Å². The van der Waals surface area contributed by atoms with Crippen LogP contribution in [-0.2, 0) is 10.0 Å². The largest absolute Gasteiger partial charge is 0.496 e. The Kier molecular flexibility index (Phi) is 4.20. The molecule has 0 saturated heterocycles. The third kappa shape index (κ3) is 3.56. The number of amides is 1. The molecule has 1 heterocycles. The van der Waals surface area contributed by atoms with Crippen LogP contribution in [-0.4, -0.2) is 26.4 Å². The van der Waals surface area contributed by atoms with Gasteiger partial charge in [-0.1, -0.05) is 0 Å². The van der Waals surface area contributed by atoms with Crippen molar-refractivity contribution in [3.05, 3.63) is 48.3 Å². The van der Waals surface area contributed by atoms with Crippen LogP contribution in [0.5, 0.6) is 5.75 Å². The van der Waals surface area contributed by atoms with E-state index in [4.69, 9.17) is 9.88 Å². The van der Waals surface area contributed by atoms with Crippen molar-refractivity contribution in [2.75, 3.05) is 12.4 Å². The first-order valence-corrected chi connectivity index (χ1v) is 7.38. The van der Waals surface area contributed by atoms with Gasteiger partial charge in [0.2, 0.25) is 10.0 Å². The standard InChI is InChI=1S/C13H13N3O4S/c1-20-12-3-2-10(21(14,18)19)8-11(12)13(17)16-9-4-6-15-7-5-9/h2-8H,1H3,(H2,14,18,19)(H,15,16,17). The first-order valence-electron chi connectivity index (χ1n) is 5.84. The zero-order chi connectivity index (χ0) is 15.5. The minimum Gasteiger partial charge on any atom is -0.496 e. The summed E-state index contributed by atoms with van der Waals surface area (Å²) in [7, 11) is -2.52. The summed E-state index contributed by atoms with van der Waals surface area (Å²) in [6.07, 6.45) is 3.04. The quantitative estimate of drug-likeness (QED) is 0.875. The van der Waals surface area contributed by atoms with E-state index in [-0.39, 0.29) is 16.2 Å². The lowest BCUT2D eigenvalue weighted by molar-refractivity contribution is 0.102. The summed E-state index contributed by atoms with van der Waals surface area (Å²) in [5, 5.41) is 7.68. The fourth-order valence-electron chi connectivity index (χ4n) is 1.68. The molecule has 0 aliphatic rings. The van der Waals surface area contributed by atoms with Gasteiger partial charge in [-0.3, -0.25) is 9.78 Å². The molecule has 1 aromatic heterocycles. The van der Waals surface area contributed by atoms with Crippen LogP contribution in [0.15, 0.2) is 47.6 Å². The van der Waals surface area contributed by atoms with Gasteiger partial charge >= 0.3 is 0 Å². The summed E-state index contributed by atoms with van der Waals surface area (Å²) in [5.74, 6) is -0.266. The summed E-state index contributed by atoms with van der Waals surface area (Å²) in [5.41, 5.74) is 0.596. The molecule has 0 spiro atoms. The van der Waals surface area contributed by atoms with E-state index in [0.29, 0.717) is 5.69 Å². The number of aromatic nitrogens is 1. The highest BCUT2D eigenvalue weighted by Crippen LogP contribution is 2.23. The Morgan fingerprint density at radius 3 is 2.48 bits per heavy atom. The van der Waals surface area contributed by atoms with E-state index < -0.39 is 15.9 Å². The van der Waals surface area contributed by atoms with Gasteiger partial charge in [0.15, 0.2) is 0 Å². The van der Waals surface area contributed by atoms with Crippen LogP contribution in [0.3, 0.4) is 0 Å². The lowest BCUT2D eigenvalue weighted by Gasteiger charge is -2.10. The normalized spacial score (nSPS) is 11.0. The number of methoxy groups -OCH3 is 1. The van der Waals surface area contributed by atoms with E-state index in [9.17, 15) is 13.2 Å². The van der Waals surface area contributed by atoms with Gasteiger partial charge in [-0.2, -0.15) is 0 Å². The second-order valence-corrected chi connectivity index (χ2v) is 5.66. The van der Waals surface area contributed by atoms with Gasteiger partial charge in [0.25, 0.3) is 5.91 Å². The lowest BCUT2D eigenvalue weighted by atomic mass is 10.2. The molecule has 8 heteroatoms. The lowest BCUT2D eigenvalue weighted by Crippen LogP contribution is -2.16. The zero-order valence-electron chi connectivity index (χ0n) is 11.1. The van der Waals surface area contributed by atoms with Crippen LogP contribution < -0.4 is 15.2 Å². The third-order valence-corrected chi connectivity index (χ3v) is 3.59. The van der Waals surface area contributed by atoms with Gasteiger partial charge < -0.3 is 10.1 Å². The SMILES string of the molecule is COc1ccc(S(N)(=O)=O)cc1C(=O)Nc1ccncc1. The number of carbonyl (C=O) groups is 1. The van der Waals surface area contributed by atoms with Crippen LogP contribution in [0.4, 0.5) is 5.69 Å². The zero-order valence-corrected chi connectivity index (χ0v) is 11.9. The Balaban J connectivity index is 2.39. The molecule has 0 unspecified atom stereocenters. The number of primary sulfonamides is 1. The molecule has 3 N–H and O–H groups in total. The molecule has 0 saturated carbocycles. The molecule has 0 atom stereocenters. The summed E-state index contributed by atoms with van der Waals surface area (Å²) in [4.78, 5) is 15.9. The smallest absolute Gasteiger partial charge is 0.259 e. The number of pyridine rings is 1. The van der Waals surface area contributed by atoms with Crippen LogP contribution in [0.1, 0.15) is 10.4 Å². The van der Waals surface area contributed by atoms with E-state index in [2.05, 4.69) is 10.3 Å². The highest BCUT2D eigenvalue weighted by Gasteiger charge is 2.17. The number of rotatable bonds is 4. The first kappa shape index (κ1) is 14.9. The summed E-state index contributed by atoms with van der Waals surface area (Å²) >= 11 is 0. The molecular weight excluding hydrogens is 294 g/mol. The van der Waals surface area contributed by atoms with Crippen molar-refractivity contribution >= 4 is 21.6 Å². The van der Waals surface area contributed by atoms with Crippen molar-refractivity contribution in [1.29, 1.82) is 0 Å². The number of nitrogens with one attached hydrogen (secondary N) is 1. The topological polar surface area (TPSA) is 111 Å². The van der Waals surface area contributed by atoms with Gasteiger partial charge in [0, 0.05) is 18.1 Å². The Hall–Kier alpha value is -2.45. The molecule has 2 aromatic rings. The molecule has 21 heavy (non-hydrogen) atoms. The summed E-state index contributed by atoms with van der Waals surface area (Å²) < 4.78 is 27.8. The van der Waals surface area contributed by atoms with Crippen LogP contribution in [0, 0.1) is 0 Å². The van der Waals surface area contributed by atoms with Gasteiger partial charge in [-0.05, 0) is 30.3 Å².